The summed E-state index contributed by atoms with van der Waals surface area (Å²) in [5.74, 6) is 0.798. The van der Waals surface area contributed by atoms with Crippen molar-refractivity contribution < 1.29 is 19.1 Å². The number of anilines is 2. The van der Waals surface area contributed by atoms with Crippen LogP contribution in [0.3, 0.4) is 0 Å². The minimum atomic E-state index is -0.307. The molecule has 4 rings (SSSR count). The normalized spacial score (nSPS) is 12.4. The van der Waals surface area contributed by atoms with Gasteiger partial charge in [-0.15, -0.1) is 11.3 Å². The number of nitrogens with one attached hydrogen (secondary N) is 1. The van der Waals surface area contributed by atoms with Crippen LogP contribution in [0, 0.1) is 0 Å². The molecule has 7 nitrogen and oxygen atoms in total. The summed E-state index contributed by atoms with van der Waals surface area (Å²) in [4.78, 5) is 30.4. The number of amides is 2. The number of hydrogen-bond donors (Lipinski definition) is 1. The smallest absolute Gasteiger partial charge is 0.264 e. The van der Waals surface area contributed by atoms with Crippen LogP contribution in [0.4, 0.5) is 10.8 Å². The zero-order valence-corrected chi connectivity index (χ0v) is 17.5. The number of thiazole rings is 1. The van der Waals surface area contributed by atoms with Gasteiger partial charge in [-0.2, -0.15) is 0 Å². The van der Waals surface area contributed by atoms with Gasteiger partial charge in [0.15, 0.2) is 23.2 Å². The molecule has 0 spiro atoms. The molecule has 1 aliphatic heterocycles. The highest BCUT2D eigenvalue weighted by atomic mass is 32.1. The van der Waals surface area contributed by atoms with Crippen molar-refractivity contribution in [1.29, 1.82) is 0 Å². The van der Waals surface area contributed by atoms with Gasteiger partial charge in [0.2, 0.25) is 5.91 Å². The van der Waals surface area contributed by atoms with Gasteiger partial charge in [0.05, 0.1) is 12.8 Å². The van der Waals surface area contributed by atoms with Crippen LogP contribution in [0.2, 0.25) is 0 Å². The van der Waals surface area contributed by atoms with Crippen molar-refractivity contribution in [3.63, 3.8) is 0 Å². The third-order valence-corrected chi connectivity index (χ3v) is 5.59. The van der Waals surface area contributed by atoms with Crippen LogP contribution in [-0.4, -0.2) is 37.1 Å². The Bertz CT molecular complexity index is 1100. The molecule has 3 aromatic rings. The SMILES string of the molecule is COc1ccccc1OCC(=O)Nc1nc(-c2ccc3c(c2)N(C(C)=O)CC3)cs1. The molecule has 1 aromatic heterocycles. The first-order chi connectivity index (χ1) is 14.5. The number of aromatic nitrogens is 1. The number of para-hydroxylation sites is 2. The lowest BCUT2D eigenvalue weighted by molar-refractivity contribution is -0.118. The molecule has 154 valence electrons. The number of nitrogens with zero attached hydrogens (tertiary/aromatic N) is 2. The first-order valence-corrected chi connectivity index (χ1v) is 10.4. The molecular weight excluding hydrogens is 402 g/mol. The van der Waals surface area contributed by atoms with E-state index < -0.39 is 0 Å². The number of carbonyl (C=O) groups excluding carboxylic acids is 2. The van der Waals surface area contributed by atoms with Gasteiger partial charge in [-0.25, -0.2) is 4.98 Å². The molecular formula is C22H21N3O4S. The summed E-state index contributed by atoms with van der Waals surface area (Å²) in [5, 5.41) is 5.13. The van der Waals surface area contributed by atoms with E-state index >= 15 is 0 Å². The Hall–Kier alpha value is -3.39. The van der Waals surface area contributed by atoms with E-state index in [1.165, 1.54) is 11.3 Å². The van der Waals surface area contributed by atoms with Crippen molar-refractivity contribution in [2.24, 2.45) is 0 Å². The highest BCUT2D eigenvalue weighted by molar-refractivity contribution is 7.14. The quantitative estimate of drug-likeness (QED) is 0.653. The van der Waals surface area contributed by atoms with E-state index in [0.29, 0.717) is 23.2 Å². The molecule has 8 heteroatoms. The zero-order chi connectivity index (χ0) is 21.1. The second-order valence-corrected chi connectivity index (χ2v) is 7.65. The van der Waals surface area contributed by atoms with Crippen LogP contribution in [-0.2, 0) is 16.0 Å². The maximum atomic E-state index is 12.2. The Kier molecular flexibility index (Phi) is 5.67. The average molecular weight is 423 g/mol. The highest BCUT2D eigenvalue weighted by Gasteiger charge is 2.23. The van der Waals surface area contributed by atoms with Crippen LogP contribution in [0.15, 0.2) is 47.8 Å². The first kappa shape index (κ1) is 19.9. The van der Waals surface area contributed by atoms with E-state index in [0.717, 1.165) is 28.9 Å². The van der Waals surface area contributed by atoms with Gasteiger partial charge >= 0.3 is 0 Å². The van der Waals surface area contributed by atoms with Crippen LogP contribution in [0.25, 0.3) is 11.3 Å². The van der Waals surface area contributed by atoms with E-state index in [1.54, 1.807) is 31.1 Å². The fourth-order valence-corrected chi connectivity index (χ4v) is 4.10. The molecule has 0 aliphatic carbocycles. The van der Waals surface area contributed by atoms with Crippen LogP contribution in [0.5, 0.6) is 11.5 Å². The number of rotatable bonds is 6. The van der Waals surface area contributed by atoms with Crippen molar-refractivity contribution in [1.82, 2.24) is 4.98 Å². The molecule has 0 radical (unpaired) electrons. The predicted molar refractivity (Wildman–Crippen MR) is 116 cm³/mol. The molecule has 30 heavy (non-hydrogen) atoms. The third kappa shape index (κ3) is 4.13. The van der Waals surface area contributed by atoms with Gasteiger partial charge < -0.3 is 14.4 Å². The van der Waals surface area contributed by atoms with Crippen LogP contribution >= 0.6 is 11.3 Å². The topological polar surface area (TPSA) is 80.8 Å². The second-order valence-electron chi connectivity index (χ2n) is 6.79. The molecule has 1 aliphatic rings. The highest BCUT2D eigenvalue weighted by Crippen LogP contribution is 2.34. The van der Waals surface area contributed by atoms with E-state index in [2.05, 4.69) is 10.3 Å². The lowest BCUT2D eigenvalue weighted by Gasteiger charge is -2.15. The Morgan fingerprint density at radius 3 is 2.77 bits per heavy atom. The summed E-state index contributed by atoms with van der Waals surface area (Å²) < 4.78 is 10.8. The Labute approximate surface area is 178 Å². The number of fused-ring (bicyclic) bond motifs is 1. The maximum Gasteiger partial charge on any atom is 0.264 e. The maximum absolute atomic E-state index is 12.2. The monoisotopic (exact) mass is 423 g/mol. The van der Waals surface area contributed by atoms with E-state index in [9.17, 15) is 9.59 Å². The fourth-order valence-electron chi connectivity index (χ4n) is 3.37. The number of carbonyl (C=O) groups is 2. The predicted octanol–water partition coefficient (Wildman–Crippen LogP) is 3.75. The molecule has 2 amide bonds. The summed E-state index contributed by atoms with van der Waals surface area (Å²) >= 11 is 1.34. The van der Waals surface area contributed by atoms with Crippen LogP contribution < -0.4 is 19.7 Å². The number of hydrogen-bond acceptors (Lipinski definition) is 6. The van der Waals surface area contributed by atoms with E-state index in [-0.39, 0.29) is 18.4 Å². The zero-order valence-electron chi connectivity index (χ0n) is 16.7. The largest absolute Gasteiger partial charge is 0.493 e. The van der Waals surface area contributed by atoms with Gasteiger partial charge in [0.1, 0.15) is 0 Å². The van der Waals surface area contributed by atoms with Crippen molar-refractivity contribution >= 4 is 34.0 Å². The Morgan fingerprint density at radius 2 is 2.00 bits per heavy atom. The van der Waals surface area contributed by atoms with Crippen molar-refractivity contribution in [3.8, 4) is 22.8 Å². The summed E-state index contributed by atoms with van der Waals surface area (Å²) in [5.41, 5.74) is 3.75. The Morgan fingerprint density at radius 1 is 1.20 bits per heavy atom. The third-order valence-electron chi connectivity index (χ3n) is 4.84. The summed E-state index contributed by atoms with van der Waals surface area (Å²) in [6.07, 6.45) is 0.861. The van der Waals surface area contributed by atoms with Crippen LogP contribution in [0.1, 0.15) is 12.5 Å². The molecule has 1 N–H and O–H groups in total. The Balaban J connectivity index is 1.42. The number of methoxy groups -OCH3 is 1. The molecule has 0 unspecified atom stereocenters. The van der Waals surface area contributed by atoms with Crippen molar-refractivity contribution in [2.45, 2.75) is 13.3 Å². The van der Waals surface area contributed by atoms with Gasteiger partial charge in [-0.05, 0) is 30.2 Å². The second kappa shape index (κ2) is 8.54. The molecule has 0 bridgehead atoms. The molecule has 2 heterocycles. The molecule has 0 atom stereocenters. The molecule has 0 saturated carbocycles. The number of ether oxygens (including phenoxy) is 2. The first-order valence-electron chi connectivity index (χ1n) is 9.48. The summed E-state index contributed by atoms with van der Waals surface area (Å²) in [7, 11) is 1.55. The standard InChI is InChI=1S/C22H21N3O4S/c1-14(26)25-10-9-15-7-8-16(11-18(15)25)17-13-30-22(23-17)24-21(27)12-29-20-6-4-3-5-19(20)28-2/h3-8,11,13H,9-10,12H2,1-2H3,(H,23,24,27). The van der Waals surface area contributed by atoms with E-state index in [4.69, 9.17) is 9.47 Å². The van der Waals surface area contributed by atoms with Gasteiger partial charge in [-0.3, -0.25) is 14.9 Å². The molecule has 0 fully saturated rings. The van der Waals surface area contributed by atoms with Gasteiger partial charge in [0, 0.05) is 30.1 Å². The summed E-state index contributed by atoms with van der Waals surface area (Å²) in [6.45, 7) is 2.13. The lowest BCUT2D eigenvalue weighted by atomic mass is 10.1. The van der Waals surface area contributed by atoms with Crippen molar-refractivity contribution in [2.75, 3.05) is 30.5 Å². The van der Waals surface area contributed by atoms with Gasteiger partial charge in [0.25, 0.3) is 5.91 Å². The molecule has 0 saturated heterocycles. The van der Waals surface area contributed by atoms with E-state index in [1.807, 2.05) is 35.7 Å². The average Bonchev–Trinajstić information content (AvgIpc) is 3.39. The minimum absolute atomic E-state index is 0.0344. The lowest BCUT2D eigenvalue weighted by Crippen LogP contribution is -2.25. The number of benzene rings is 2. The molecule has 2 aromatic carbocycles. The summed E-state index contributed by atoms with van der Waals surface area (Å²) in [6, 6.07) is 13.2. The van der Waals surface area contributed by atoms with Crippen molar-refractivity contribution in [3.05, 3.63) is 53.4 Å². The van der Waals surface area contributed by atoms with Gasteiger partial charge in [-0.1, -0.05) is 24.3 Å². The fraction of sp³-hybridized carbons (Fsp3) is 0.227. The minimum Gasteiger partial charge on any atom is -0.493 e.